The number of ether oxygens (including phenoxy) is 2. The molecule has 3 nitrogen and oxygen atoms in total. The molecular weight excluding hydrogens is 239 g/mol. The minimum atomic E-state index is -0.679. The second-order valence-corrected chi connectivity index (χ2v) is 5.56. The zero-order valence-electron chi connectivity index (χ0n) is 9.13. The molecule has 88 valence electrons. The molecule has 0 bridgehead atoms. The van der Waals surface area contributed by atoms with Gasteiger partial charge in [0.25, 0.3) is 0 Å². The topological polar surface area (TPSA) is 35.5 Å². The molecule has 5 heteroatoms. The van der Waals surface area contributed by atoms with Crippen LogP contribution >= 0.6 is 23.2 Å². The van der Waals surface area contributed by atoms with Crippen LogP contribution in [0.3, 0.4) is 0 Å². The molecule has 0 aromatic heterocycles. The number of alkyl halides is 2. The van der Waals surface area contributed by atoms with Gasteiger partial charge in [0.05, 0.1) is 18.1 Å². The van der Waals surface area contributed by atoms with Crippen LogP contribution in [0.4, 0.5) is 0 Å². The maximum atomic E-state index is 11.3. The Kier molecular flexibility index (Phi) is 4.27. The first kappa shape index (κ1) is 13.1. The lowest BCUT2D eigenvalue weighted by Gasteiger charge is -2.38. The molecule has 1 fully saturated rings. The van der Waals surface area contributed by atoms with Crippen molar-refractivity contribution in [2.45, 2.75) is 37.1 Å². The number of hydrogen-bond acceptors (Lipinski definition) is 3. The van der Waals surface area contributed by atoms with E-state index in [-0.39, 0.29) is 23.5 Å². The van der Waals surface area contributed by atoms with Crippen LogP contribution in [0.25, 0.3) is 0 Å². The SMILES string of the molecule is CO[C@H]1[C@@H](Cl)C[C@@H](Cl)C(=O)OCC1(C)C. The van der Waals surface area contributed by atoms with Gasteiger partial charge in [-0.1, -0.05) is 13.8 Å². The van der Waals surface area contributed by atoms with Crippen LogP contribution in [0.15, 0.2) is 0 Å². The number of esters is 1. The fraction of sp³-hybridized carbons (Fsp3) is 0.900. The Hall–Kier alpha value is 0.01000. The highest BCUT2D eigenvalue weighted by Crippen LogP contribution is 2.33. The van der Waals surface area contributed by atoms with Crippen molar-refractivity contribution in [2.75, 3.05) is 13.7 Å². The number of hydrogen-bond donors (Lipinski definition) is 0. The summed E-state index contributed by atoms with van der Waals surface area (Å²) in [5.74, 6) is -0.398. The fourth-order valence-electron chi connectivity index (χ4n) is 1.80. The molecule has 0 radical (unpaired) electrons. The summed E-state index contributed by atoms with van der Waals surface area (Å²) in [6.07, 6.45) is 0.192. The molecule has 0 unspecified atom stereocenters. The average Bonchev–Trinajstić information content (AvgIpc) is 2.13. The van der Waals surface area contributed by atoms with E-state index in [1.807, 2.05) is 13.8 Å². The summed E-state index contributed by atoms with van der Waals surface area (Å²) in [5.41, 5.74) is -0.298. The van der Waals surface area contributed by atoms with E-state index in [0.717, 1.165) is 0 Å². The summed E-state index contributed by atoms with van der Waals surface area (Å²) < 4.78 is 10.4. The largest absolute Gasteiger partial charge is 0.464 e. The number of methoxy groups -OCH3 is 1. The van der Waals surface area contributed by atoms with Gasteiger partial charge < -0.3 is 9.47 Å². The highest BCUT2D eigenvalue weighted by atomic mass is 35.5. The Morgan fingerprint density at radius 3 is 2.60 bits per heavy atom. The molecule has 0 amide bonds. The normalized spacial score (nSPS) is 36.6. The molecule has 1 aliphatic rings. The summed E-state index contributed by atoms with van der Waals surface area (Å²) in [6, 6.07) is 0. The number of cyclic esters (lactones) is 1. The van der Waals surface area contributed by atoms with Crippen LogP contribution in [-0.4, -0.2) is 36.5 Å². The first-order valence-electron chi connectivity index (χ1n) is 4.86. The highest BCUT2D eigenvalue weighted by Gasteiger charge is 2.40. The quantitative estimate of drug-likeness (QED) is 0.532. The van der Waals surface area contributed by atoms with Gasteiger partial charge in [-0.2, -0.15) is 0 Å². The van der Waals surface area contributed by atoms with E-state index >= 15 is 0 Å². The second-order valence-electron chi connectivity index (χ2n) is 4.47. The van der Waals surface area contributed by atoms with Crippen LogP contribution < -0.4 is 0 Å². The van der Waals surface area contributed by atoms with E-state index in [0.29, 0.717) is 6.42 Å². The Labute approximate surface area is 100 Å². The second kappa shape index (κ2) is 4.89. The predicted molar refractivity (Wildman–Crippen MR) is 59.4 cm³/mol. The number of carbonyl (C=O) groups excluding carboxylic acids is 1. The smallest absolute Gasteiger partial charge is 0.324 e. The fourth-order valence-corrected chi connectivity index (χ4v) is 2.77. The van der Waals surface area contributed by atoms with E-state index in [1.54, 1.807) is 7.11 Å². The summed E-state index contributed by atoms with van der Waals surface area (Å²) in [4.78, 5) is 11.3. The van der Waals surface area contributed by atoms with Crippen molar-refractivity contribution in [1.29, 1.82) is 0 Å². The van der Waals surface area contributed by atoms with Crippen molar-refractivity contribution in [3.63, 3.8) is 0 Å². The predicted octanol–water partition coefficient (Wildman–Crippen LogP) is 2.19. The van der Waals surface area contributed by atoms with Crippen molar-refractivity contribution in [1.82, 2.24) is 0 Å². The molecule has 0 aromatic carbocycles. The summed E-state index contributed by atoms with van der Waals surface area (Å²) in [7, 11) is 1.61. The summed E-state index contributed by atoms with van der Waals surface area (Å²) in [5, 5.41) is -0.957. The third-order valence-electron chi connectivity index (χ3n) is 2.63. The molecular formula is C10H16Cl2O3. The van der Waals surface area contributed by atoms with E-state index < -0.39 is 11.3 Å². The molecule has 1 rings (SSSR count). The number of carbonyl (C=O) groups is 1. The van der Waals surface area contributed by atoms with Crippen LogP contribution in [-0.2, 0) is 14.3 Å². The van der Waals surface area contributed by atoms with Crippen molar-refractivity contribution in [2.24, 2.45) is 5.41 Å². The monoisotopic (exact) mass is 254 g/mol. The van der Waals surface area contributed by atoms with E-state index in [2.05, 4.69) is 0 Å². The van der Waals surface area contributed by atoms with Gasteiger partial charge in [0, 0.05) is 12.5 Å². The van der Waals surface area contributed by atoms with E-state index in [4.69, 9.17) is 32.7 Å². The Bertz CT molecular complexity index is 243. The van der Waals surface area contributed by atoms with E-state index in [9.17, 15) is 4.79 Å². The standard InChI is InChI=1S/C10H16Cl2O3/c1-10(2)5-15-9(13)7(12)4-6(11)8(10)14-3/h6-8H,4-5H2,1-3H3/t6-,7+,8-/m0/s1. The van der Waals surface area contributed by atoms with Gasteiger partial charge in [-0.3, -0.25) is 4.79 Å². The van der Waals surface area contributed by atoms with E-state index in [1.165, 1.54) is 0 Å². The molecule has 0 spiro atoms. The minimum absolute atomic E-state index is 0.173. The maximum absolute atomic E-state index is 11.3. The zero-order chi connectivity index (χ0) is 11.6. The third kappa shape index (κ3) is 2.99. The Balaban J connectivity index is 2.84. The molecule has 3 atom stereocenters. The van der Waals surface area contributed by atoms with Crippen molar-refractivity contribution < 1.29 is 14.3 Å². The van der Waals surface area contributed by atoms with Crippen LogP contribution in [0, 0.1) is 5.41 Å². The molecule has 1 saturated heterocycles. The number of rotatable bonds is 1. The first-order valence-corrected chi connectivity index (χ1v) is 5.73. The lowest BCUT2D eigenvalue weighted by Crippen LogP contribution is -2.46. The van der Waals surface area contributed by atoms with Gasteiger partial charge in [-0.15, -0.1) is 23.2 Å². The Morgan fingerprint density at radius 2 is 2.07 bits per heavy atom. The lowest BCUT2D eigenvalue weighted by atomic mass is 9.83. The zero-order valence-corrected chi connectivity index (χ0v) is 10.6. The molecule has 0 aromatic rings. The first-order chi connectivity index (χ1) is 6.88. The van der Waals surface area contributed by atoms with Crippen LogP contribution in [0.1, 0.15) is 20.3 Å². The van der Waals surface area contributed by atoms with Gasteiger partial charge in [-0.25, -0.2) is 0 Å². The molecule has 1 heterocycles. The van der Waals surface area contributed by atoms with Crippen molar-refractivity contribution in [3.05, 3.63) is 0 Å². The Morgan fingerprint density at radius 1 is 1.47 bits per heavy atom. The molecule has 15 heavy (non-hydrogen) atoms. The molecule has 0 saturated carbocycles. The highest BCUT2D eigenvalue weighted by molar-refractivity contribution is 6.31. The van der Waals surface area contributed by atoms with Crippen molar-refractivity contribution in [3.8, 4) is 0 Å². The minimum Gasteiger partial charge on any atom is -0.464 e. The van der Waals surface area contributed by atoms with Crippen molar-refractivity contribution >= 4 is 29.2 Å². The third-order valence-corrected chi connectivity index (χ3v) is 3.39. The van der Waals surface area contributed by atoms with Crippen LogP contribution in [0.2, 0.25) is 0 Å². The summed E-state index contributed by atoms with van der Waals surface area (Å²) in [6.45, 7) is 4.19. The summed E-state index contributed by atoms with van der Waals surface area (Å²) >= 11 is 12.0. The van der Waals surface area contributed by atoms with Gasteiger partial charge in [-0.05, 0) is 6.42 Å². The van der Waals surface area contributed by atoms with Gasteiger partial charge >= 0.3 is 5.97 Å². The molecule has 0 aliphatic carbocycles. The van der Waals surface area contributed by atoms with Gasteiger partial charge in [0.15, 0.2) is 0 Å². The molecule has 1 aliphatic heterocycles. The van der Waals surface area contributed by atoms with Gasteiger partial charge in [0.2, 0.25) is 0 Å². The van der Waals surface area contributed by atoms with Gasteiger partial charge in [0.1, 0.15) is 5.38 Å². The molecule has 0 N–H and O–H groups in total. The lowest BCUT2D eigenvalue weighted by molar-refractivity contribution is -0.152. The maximum Gasteiger partial charge on any atom is 0.324 e. The average molecular weight is 255 g/mol. The van der Waals surface area contributed by atoms with Crippen LogP contribution in [0.5, 0.6) is 0 Å². The number of halogens is 2.